The second kappa shape index (κ2) is 6.83. The van der Waals surface area contributed by atoms with Gasteiger partial charge in [-0.25, -0.2) is 0 Å². The van der Waals surface area contributed by atoms with Crippen molar-refractivity contribution in [3.63, 3.8) is 0 Å². The summed E-state index contributed by atoms with van der Waals surface area (Å²) in [7, 11) is 3.08. The maximum atomic E-state index is 12.3. The van der Waals surface area contributed by atoms with E-state index in [0.717, 1.165) is 5.56 Å². The molecule has 3 N–H and O–H groups in total. The predicted octanol–water partition coefficient (Wildman–Crippen LogP) is 2.36. The molecule has 2 aromatic carbocycles. The maximum Gasteiger partial charge on any atom is 0.255 e. The molecule has 0 aliphatic rings. The number of methoxy groups -OCH3 is 2. The van der Waals surface area contributed by atoms with E-state index in [1.807, 2.05) is 6.92 Å². The molecule has 6 nitrogen and oxygen atoms in total. The molecule has 0 aromatic heterocycles. The molecule has 0 fully saturated rings. The van der Waals surface area contributed by atoms with Crippen LogP contribution in [-0.2, 0) is 0 Å². The molecular weight excluding hydrogens is 296 g/mol. The molecule has 0 atom stereocenters. The van der Waals surface area contributed by atoms with Gasteiger partial charge in [0.05, 0.1) is 14.2 Å². The summed E-state index contributed by atoms with van der Waals surface area (Å²) in [6.45, 7) is 1.85. The van der Waals surface area contributed by atoms with Crippen LogP contribution >= 0.6 is 0 Å². The summed E-state index contributed by atoms with van der Waals surface area (Å²) in [6.07, 6.45) is 0. The van der Waals surface area contributed by atoms with Crippen LogP contribution in [0.4, 0.5) is 5.69 Å². The maximum absolute atomic E-state index is 12.3. The van der Waals surface area contributed by atoms with E-state index in [9.17, 15) is 9.59 Å². The van der Waals surface area contributed by atoms with Crippen LogP contribution in [0.5, 0.6) is 11.5 Å². The number of hydrogen-bond acceptors (Lipinski definition) is 4. The number of aryl methyl sites for hydroxylation is 1. The van der Waals surface area contributed by atoms with Gasteiger partial charge in [-0.05, 0) is 42.8 Å². The normalized spacial score (nSPS) is 10.0. The van der Waals surface area contributed by atoms with E-state index in [1.165, 1.54) is 19.2 Å². The molecule has 2 amide bonds. The second-order valence-corrected chi connectivity index (χ2v) is 4.92. The van der Waals surface area contributed by atoms with Crippen molar-refractivity contribution in [1.82, 2.24) is 0 Å². The van der Waals surface area contributed by atoms with Crippen LogP contribution < -0.4 is 20.5 Å². The monoisotopic (exact) mass is 314 g/mol. The highest BCUT2D eigenvalue weighted by Crippen LogP contribution is 2.33. The quantitative estimate of drug-likeness (QED) is 0.886. The van der Waals surface area contributed by atoms with E-state index in [2.05, 4.69) is 5.32 Å². The zero-order chi connectivity index (χ0) is 17.0. The third kappa shape index (κ3) is 3.60. The van der Waals surface area contributed by atoms with Gasteiger partial charge in [-0.1, -0.05) is 0 Å². The third-order valence-corrected chi connectivity index (χ3v) is 3.41. The van der Waals surface area contributed by atoms with Gasteiger partial charge < -0.3 is 20.5 Å². The largest absolute Gasteiger partial charge is 0.493 e. The highest BCUT2D eigenvalue weighted by Gasteiger charge is 2.12. The van der Waals surface area contributed by atoms with Gasteiger partial charge in [-0.3, -0.25) is 9.59 Å². The number of amides is 2. The summed E-state index contributed by atoms with van der Waals surface area (Å²) in [5, 5.41) is 2.81. The molecule has 0 unspecified atom stereocenters. The topological polar surface area (TPSA) is 90.6 Å². The first kappa shape index (κ1) is 16.4. The molecule has 0 radical (unpaired) electrons. The van der Waals surface area contributed by atoms with Gasteiger partial charge >= 0.3 is 0 Å². The molecule has 0 aliphatic heterocycles. The number of primary amides is 1. The predicted molar refractivity (Wildman–Crippen MR) is 87.2 cm³/mol. The molecule has 0 aliphatic carbocycles. The number of ether oxygens (including phenoxy) is 2. The minimum Gasteiger partial charge on any atom is -0.493 e. The van der Waals surface area contributed by atoms with Gasteiger partial charge in [0, 0.05) is 22.9 Å². The van der Waals surface area contributed by atoms with Crippen LogP contribution in [0.2, 0.25) is 0 Å². The van der Waals surface area contributed by atoms with Crippen molar-refractivity contribution in [2.24, 2.45) is 5.73 Å². The number of rotatable bonds is 5. The van der Waals surface area contributed by atoms with E-state index < -0.39 is 5.91 Å². The lowest BCUT2D eigenvalue weighted by Crippen LogP contribution is -2.14. The average molecular weight is 314 g/mol. The van der Waals surface area contributed by atoms with Crippen molar-refractivity contribution in [3.8, 4) is 11.5 Å². The van der Waals surface area contributed by atoms with Gasteiger partial charge in [0.25, 0.3) is 5.91 Å². The van der Waals surface area contributed by atoms with Crippen LogP contribution in [-0.4, -0.2) is 26.0 Å². The van der Waals surface area contributed by atoms with Crippen molar-refractivity contribution in [1.29, 1.82) is 0 Å². The Bertz CT molecular complexity index is 739. The minimum absolute atomic E-state index is 0.295. The fourth-order valence-corrected chi connectivity index (χ4v) is 2.10. The smallest absolute Gasteiger partial charge is 0.255 e. The molecule has 6 heteroatoms. The van der Waals surface area contributed by atoms with Crippen molar-refractivity contribution in [2.75, 3.05) is 19.5 Å². The number of carbonyl (C=O) groups excluding carboxylic acids is 2. The highest BCUT2D eigenvalue weighted by atomic mass is 16.5. The summed E-state index contributed by atoms with van der Waals surface area (Å²) >= 11 is 0. The van der Waals surface area contributed by atoms with Crippen LogP contribution in [0.1, 0.15) is 26.3 Å². The van der Waals surface area contributed by atoms with E-state index >= 15 is 0 Å². The Morgan fingerprint density at radius 2 is 1.48 bits per heavy atom. The first-order valence-electron chi connectivity index (χ1n) is 6.90. The molecule has 2 rings (SSSR count). The number of carbonyl (C=O) groups is 2. The summed E-state index contributed by atoms with van der Waals surface area (Å²) in [5.41, 5.74) is 7.40. The lowest BCUT2D eigenvalue weighted by atomic mass is 10.1. The lowest BCUT2D eigenvalue weighted by molar-refractivity contribution is 0.0995. The number of anilines is 1. The number of benzene rings is 2. The van der Waals surface area contributed by atoms with Crippen molar-refractivity contribution in [3.05, 3.63) is 53.1 Å². The zero-order valence-electron chi connectivity index (χ0n) is 13.2. The molecule has 0 heterocycles. The van der Waals surface area contributed by atoms with E-state index in [0.29, 0.717) is 28.3 Å². The molecular formula is C17H18N2O4. The Hall–Kier alpha value is -3.02. The fraction of sp³-hybridized carbons (Fsp3) is 0.176. The third-order valence-electron chi connectivity index (χ3n) is 3.41. The summed E-state index contributed by atoms with van der Waals surface area (Å²) < 4.78 is 10.4. The van der Waals surface area contributed by atoms with Crippen molar-refractivity contribution >= 4 is 17.5 Å². The second-order valence-electron chi connectivity index (χ2n) is 4.92. The first-order chi connectivity index (χ1) is 11.0. The fourth-order valence-electron chi connectivity index (χ4n) is 2.10. The number of nitrogens with two attached hydrogens (primary N) is 1. The van der Waals surface area contributed by atoms with Gasteiger partial charge in [0.15, 0.2) is 11.5 Å². The van der Waals surface area contributed by atoms with Gasteiger partial charge in [-0.2, -0.15) is 0 Å². The Morgan fingerprint density at radius 3 is 2.00 bits per heavy atom. The Balaban J connectivity index is 2.24. The molecule has 23 heavy (non-hydrogen) atoms. The number of hydrogen-bond donors (Lipinski definition) is 2. The Morgan fingerprint density at radius 1 is 0.957 bits per heavy atom. The van der Waals surface area contributed by atoms with Crippen LogP contribution in [0.15, 0.2) is 36.4 Å². The first-order valence-corrected chi connectivity index (χ1v) is 6.90. The van der Waals surface area contributed by atoms with Crippen LogP contribution in [0.25, 0.3) is 0 Å². The average Bonchev–Trinajstić information content (AvgIpc) is 2.56. The summed E-state index contributed by atoms with van der Waals surface area (Å²) in [6, 6.07) is 9.60. The minimum atomic E-state index is -0.535. The number of nitrogens with one attached hydrogen (secondary N) is 1. The van der Waals surface area contributed by atoms with Crippen molar-refractivity contribution < 1.29 is 19.1 Å². The van der Waals surface area contributed by atoms with Gasteiger partial charge in [0.1, 0.15) is 0 Å². The zero-order valence-corrected chi connectivity index (χ0v) is 13.2. The summed E-state index contributed by atoms with van der Waals surface area (Å²) in [5.74, 6) is 0.287. The van der Waals surface area contributed by atoms with Gasteiger partial charge in [0.2, 0.25) is 5.91 Å². The van der Waals surface area contributed by atoms with E-state index in [-0.39, 0.29) is 5.91 Å². The van der Waals surface area contributed by atoms with E-state index in [4.69, 9.17) is 15.2 Å². The molecule has 2 aromatic rings. The lowest BCUT2D eigenvalue weighted by Gasteiger charge is -2.13. The molecule has 0 bridgehead atoms. The molecule has 0 spiro atoms. The van der Waals surface area contributed by atoms with Crippen molar-refractivity contribution in [2.45, 2.75) is 6.92 Å². The van der Waals surface area contributed by atoms with Crippen LogP contribution in [0, 0.1) is 6.92 Å². The highest BCUT2D eigenvalue weighted by molar-refractivity contribution is 6.05. The van der Waals surface area contributed by atoms with Crippen LogP contribution in [0.3, 0.4) is 0 Å². The molecule has 120 valence electrons. The summed E-state index contributed by atoms with van der Waals surface area (Å²) in [4.78, 5) is 23.3. The SMILES string of the molecule is COc1cc(C)c(NC(=O)c2ccc(C(N)=O)cc2)cc1OC. The van der Waals surface area contributed by atoms with Gasteiger partial charge in [-0.15, -0.1) is 0 Å². The standard InChI is InChI=1S/C17H18N2O4/c1-10-8-14(22-2)15(23-3)9-13(10)19-17(21)12-6-4-11(5-7-12)16(18)20/h4-9H,1-3H3,(H2,18,20)(H,19,21). The molecule has 0 saturated carbocycles. The Labute approximate surface area is 134 Å². The molecule has 0 saturated heterocycles. The van der Waals surface area contributed by atoms with E-state index in [1.54, 1.807) is 31.4 Å². The Kier molecular flexibility index (Phi) is 4.85.